The van der Waals surface area contributed by atoms with Gasteiger partial charge in [0, 0.05) is 13.1 Å². The van der Waals surface area contributed by atoms with Crippen molar-refractivity contribution in [1.82, 2.24) is 5.32 Å². The standard InChI is InChI=1S/C7H15NO4.ClH/c1-7(12)3-8-2-4(9)5(10)6(7)11;/h4-6,8-12H,2-3H2,1H3;1H/t4-,5+,6-,7-;/m0./s1. The van der Waals surface area contributed by atoms with Gasteiger partial charge in [-0.1, -0.05) is 0 Å². The molecule has 4 atom stereocenters. The molecule has 0 amide bonds. The summed E-state index contributed by atoms with van der Waals surface area (Å²) in [5.41, 5.74) is -1.39. The van der Waals surface area contributed by atoms with Gasteiger partial charge in [0.15, 0.2) is 0 Å². The van der Waals surface area contributed by atoms with Crippen LogP contribution in [-0.2, 0) is 0 Å². The summed E-state index contributed by atoms with van der Waals surface area (Å²) in [4.78, 5) is 0. The van der Waals surface area contributed by atoms with Gasteiger partial charge < -0.3 is 25.7 Å². The predicted octanol–water partition coefficient (Wildman–Crippen LogP) is -2.15. The van der Waals surface area contributed by atoms with Crippen molar-refractivity contribution in [1.29, 1.82) is 0 Å². The summed E-state index contributed by atoms with van der Waals surface area (Å²) in [6, 6.07) is 0. The Morgan fingerprint density at radius 3 is 2.38 bits per heavy atom. The van der Waals surface area contributed by atoms with E-state index in [2.05, 4.69) is 5.32 Å². The van der Waals surface area contributed by atoms with E-state index in [1.165, 1.54) is 6.92 Å². The molecule has 0 aromatic carbocycles. The first-order valence-electron chi connectivity index (χ1n) is 3.92. The highest BCUT2D eigenvalue weighted by molar-refractivity contribution is 5.85. The van der Waals surface area contributed by atoms with E-state index >= 15 is 0 Å². The maximum atomic E-state index is 9.53. The largest absolute Gasteiger partial charge is 0.389 e. The normalized spacial score (nSPS) is 46.4. The van der Waals surface area contributed by atoms with Crippen LogP contribution in [-0.4, -0.2) is 57.4 Å². The molecule has 1 heterocycles. The molecule has 1 aliphatic rings. The molecule has 0 spiro atoms. The lowest BCUT2D eigenvalue weighted by Crippen LogP contribution is -2.51. The maximum absolute atomic E-state index is 9.53. The molecule has 1 rings (SSSR count). The van der Waals surface area contributed by atoms with Gasteiger partial charge in [-0.2, -0.15) is 0 Å². The van der Waals surface area contributed by atoms with Crippen LogP contribution in [0.3, 0.4) is 0 Å². The molecular formula is C7H16ClNO4. The third-order valence-corrected chi connectivity index (χ3v) is 2.19. The number of rotatable bonds is 0. The van der Waals surface area contributed by atoms with E-state index in [4.69, 9.17) is 0 Å². The summed E-state index contributed by atoms with van der Waals surface area (Å²) in [7, 11) is 0. The van der Waals surface area contributed by atoms with Crippen molar-refractivity contribution >= 4 is 12.4 Å². The third kappa shape index (κ3) is 2.77. The van der Waals surface area contributed by atoms with Gasteiger partial charge in [-0.15, -0.1) is 12.4 Å². The summed E-state index contributed by atoms with van der Waals surface area (Å²) < 4.78 is 0. The van der Waals surface area contributed by atoms with E-state index in [0.29, 0.717) is 0 Å². The molecule has 80 valence electrons. The second-order valence-corrected chi connectivity index (χ2v) is 3.49. The Bertz CT molecular complexity index is 167. The van der Waals surface area contributed by atoms with Crippen LogP contribution in [0.25, 0.3) is 0 Å². The zero-order valence-electron chi connectivity index (χ0n) is 7.34. The van der Waals surface area contributed by atoms with Gasteiger partial charge in [-0.05, 0) is 6.92 Å². The lowest BCUT2D eigenvalue weighted by atomic mass is 9.94. The van der Waals surface area contributed by atoms with Crippen LogP contribution in [0.2, 0.25) is 0 Å². The molecule has 0 radical (unpaired) electrons. The van der Waals surface area contributed by atoms with Crippen molar-refractivity contribution in [2.75, 3.05) is 13.1 Å². The van der Waals surface area contributed by atoms with Gasteiger partial charge in [0.1, 0.15) is 17.8 Å². The monoisotopic (exact) mass is 213 g/mol. The quantitative estimate of drug-likeness (QED) is 0.316. The van der Waals surface area contributed by atoms with Crippen LogP contribution in [0, 0.1) is 0 Å². The maximum Gasteiger partial charge on any atom is 0.112 e. The number of aliphatic hydroxyl groups is 4. The fourth-order valence-corrected chi connectivity index (χ4v) is 1.28. The highest BCUT2D eigenvalue weighted by Crippen LogP contribution is 2.17. The topological polar surface area (TPSA) is 93.0 Å². The number of nitrogens with one attached hydrogen (secondary N) is 1. The van der Waals surface area contributed by atoms with Gasteiger partial charge in [0.25, 0.3) is 0 Å². The average Bonchev–Trinajstić information content (AvgIpc) is 2.06. The van der Waals surface area contributed by atoms with Crippen molar-refractivity contribution in [2.24, 2.45) is 0 Å². The van der Waals surface area contributed by atoms with Gasteiger partial charge in [-0.3, -0.25) is 0 Å². The van der Waals surface area contributed by atoms with Gasteiger partial charge in [0.05, 0.1) is 6.10 Å². The van der Waals surface area contributed by atoms with Crippen molar-refractivity contribution in [3.8, 4) is 0 Å². The minimum absolute atomic E-state index is 0. The van der Waals surface area contributed by atoms with Crippen LogP contribution in [0.15, 0.2) is 0 Å². The molecule has 0 bridgehead atoms. The SMILES string of the molecule is C[C@]1(O)CNC[C@H](O)[C@@H](O)[C@@H]1O.Cl. The molecule has 1 saturated heterocycles. The van der Waals surface area contributed by atoms with Crippen molar-refractivity contribution < 1.29 is 20.4 Å². The van der Waals surface area contributed by atoms with Gasteiger partial charge in [-0.25, -0.2) is 0 Å². The Kier molecular flexibility index (Phi) is 4.58. The average molecular weight is 214 g/mol. The summed E-state index contributed by atoms with van der Waals surface area (Å²) in [5.74, 6) is 0. The van der Waals surface area contributed by atoms with E-state index in [9.17, 15) is 20.4 Å². The van der Waals surface area contributed by atoms with Crippen LogP contribution in [0.4, 0.5) is 0 Å². The number of hydrogen-bond acceptors (Lipinski definition) is 5. The first-order valence-corrected chi connectivity index (χ1v) is 3.92. The molecular weight excluding hydrogens is 198 g/mol. The Balaban J connectivity index is 0.00000144. The number of aliphatic hydroxyl groups excluding tert-OH is 3. The van der Waals surface area contributed by atoms with Gasteiger partial charge >= 0.3 is 0 Å². The molecule has 1 fully saturated rings. The highest BCUT2D eigenvalue weighted by atomic mass is 35.5. The molecule has 6 heteroatoms. The zero-order valence-corrected chi connectivity index (χ0v) is 8.16. The summed E-state index contributed by atoms with van der Waals surface area (Å²) >= 11 is 0. The van der Waals surface area contributed by atoms with E-state index in [0.717, 1.165) is 0 Å². The number of β-amino-alcohol motifs (C(OH)–C–C–N with tert-alkyl or cyclic N) is 2. The van der Waals surface area contributed by atoms with Gasteiger partial charge in [0.2, 0.25) is 0 Å². The first-order chi connectivity index (χ1) is 5.45. The van der Waals surface area contributed by atoms with E-state index < -0.39 is 23.9 Å². The van der Waals surface area contributed by atoms with E-state index in [1.807, 2.05) is 0 Å². The minimum Gasteiger partial charge on any atom is -0.389 e. The third-order valence-electron chi connectivity index (χ3n) is 2.19. The minimum atomic E-state index is -1.39. The number of hydrogen-bond donors (Lipinski definition) is 5. The second kappa shape index (κ2) is 4.54. The summed E-state index contributed by atoms with van der Waals surface area (Å²) in [6.45, 7) is 1.74. The fourth-order valence-electron chi connectivity index (χ4n) is 1.28. The highest BCUT2D eigenvalue weighted by Gasteiger charge is 2.40. The van der Waals surface area contributed by atoms with E-state index in [1.54, 1.807) is 0 Å². The fraction of sp³-hybridized carbons (Fsp3) is 1.00. The molecule has 13 heavy (non-hydrogen) atoms. The molecule has 0 aliphatic carbocycles. The Morgan fingerprint density at radius 2 is 1.85 bits per heavy atom. The molecule has 1 aliphatic heterocycles. The molecule has 5 N–H and O–H groups in total. The van der Waals surface area contributed by atoms with E-state index in [-0.39, 0.29) is 25.5 Å². The smallest absolute Gasteiger partial charge is 0.112 e. The van der Waals surface area contributed by atoms with Crippen LogP contribution >= 0.6 is 12.4 Å². The Morgan fingerprint density at radius 1 is 1.31 bits per heavy atom. The molecule has 0 unspecified atom stereocenters. The molecule has 5 nitrogen and oxygen atoms in total. The van der Waals surface area contributed by atoms with Crippen molar-refractivity contribution in [3.05, 3.63) is 0 Å². The van der Waals surface area contributed by atoms with Crippen LogP contribution < -0.4 is 5.32 Å². The summed E-state index contributed by atoms with van der Waals surface area (Å²) in [6.07, 6.45) is -3.65. The van der Waals surface area contributed by atoms with Crippen molar-refractivity contribution in [2.45, 2.75) is 30.8 Å². The first kappa shape index (κ1) is 13.1. The number of halogens is 1. The van der Waals surface area contributed by atoms with Crippen LogP contribution in [0.1, 0.15) is 6.92 Å². The molecule has 0 saturated carbocycles. The lowest BCUT2D eigenvalue weighted by molar-refractivity contribution is -0.129. The Hall–Kier alpha value is 0.0900. The predicted molar refractivity (Wildman–Crippen MR) is 48.8 cm³/mol. The second-order valence-electron chi connectivity index (χ2n) is 3.49. The Labute approximate surface area is 82.8 Å². The molecule has 0 aromatic heterocycles. The van der Waals surface area contributed by atoms with Crippen molar-refractivity contribution in [3.63, 3.8) is 0 Å². The zero-order chi connectivity index (χ0) is 9.35. The molecule has 0 aromatic rings. The lowest BCUT2D eigenvalue weighted by Gasteiger charge is -2.29. The summed E-state index contributed by atoms with van der Waals surface area (Å²) in [5, 5.41) is 40.1. The van der Waals surface area contributed by atoms with Crippen LogP contribution in [0.5, 0.6) is 0 Å².